The third-order valence-electron chi connectivity index (χ3n) is 2.33. The van der Waals surface area contributed by atoms with Crippen LogP contribution < -0.4 is 5.32 Å². The average molecular weight is 230 g/mol. The highest BCUT2D eigenvalue weighted by Crippen LogP contribution is 2.11. The minimum Gasteiger partial charge on any atom is -0.319 e. The summed E-state index contributed by atoms with van der Waals surface area (Å²) in [6.45, 7) is 4.06. The van der Waals surface area contributed by atoms with Gasteiger partial charge in [0.15, 0.2) is 0 Å². The zero-order valence-corrected chi connectivity index (χ0v) is 9.79. The van der Waals surface area contributed by atoms with Gasteiger partial charge in [-0.05, 0) is 26.0 Å². The summed E-state index contributed by atoms with van der Waals surface area (Å²) in [5.74, 6) is -0.157. The normalized spacial score (nSPS) is 10.5. The van der Waals surface area contributed by atoms with Crippen molar-refractivity contribution in [2.45, 2.75) is 19.9 Å². The van der Waals surface area contributed by atoms with Gasteiger partial charge in [-0.2, -0.15) is 5.10 Å². The van der Waals surface area contributed by atoms with Crippen LogP contribution in [0.5, 0.6) is 0 Å². The zero-order chi connectivity index (χ0) is 12.3. The second-order valence-corrected chi connectivity index (χ2v) is 3.99. The molecular formula is C12H14N4O. The van der Waals surface area contributed by atoms with E-state index in [0.717, 1.165) is 0 Å². The van der Waals surface area contributed by atoms with Crippen molar-refractivity contribution in [1.82, 2.24) is 14.8 Å². The van der Waals surface area contributed by atoms with Gasteiger partial charge < -0.3 is 5.32 Å². The van der Waals surface area contributed by atoms with E-state index < -0.39 is 0 Å². The van der Waals surface area contributed by atoms with E-state index in [1.165, 1.54) is 0 Å². The summed E-state index contributed by atoms with van der Waals surface area (Å²) in [6.07, 6.45) is 6.63. The molecule has 0 bridgehead atoms. The Labute approximate surface area is 99.5 Å². The van der Waals surface area contributed by atoms with Crippen LogP contribution in [-0.4, -0.2) is 20.7 Å². The molecule has 0 aliphatic heterocycles. The molecule has 5 nitrogen and oxygen atoms in total. The van der Waals surface area contributed by atoms with E-state index in [2.05, 4.69) is 15.4 Å². The van der Waals surface area contributed by atoms with Crippen LogP contribution in [0, 0.1) is 0 Å². The summed E-state index contributed by atoms with van der Waals surface area (Å²) in [7, 11) is 0. The van der Waals surface area contributed by atoms with E-state index in [-0.39, 0.29) is 11.9 Å². The van der Waals surface area contributed by atoms with Crippen molar-refractivity contribution < 1.29 is 4.79 Å². The standard InChI is InChI=1S/C12H14N4O/c1-9(2)16-8-11(7-14-16)15-12(17)10-3-5-13-6-4-10/h3-9H,1-2H3,(H,15,17). The van der Waals surface area contributed by atoms with Crippen LogP contribution >= 0.6 is 0 Å². The van der Waals surface area contributed by atoms with Crippen molar-refractivity contribution in [2.24, 2.45) is 0 Å². The molecule has 0 saturated carbocycles. The lowest BCUT2D eigenvalue weighted by molar-refractivity contribution is 0.102. The largest absolute Gasteiger partial charge is 0.319 e. The number of hydrogen-bond donors (Lipinski definition) is 1. The van der Waals surface area contributed by atoms with Crippen molar-refractivity contribution >= 4 is 11.6 Å². The minimum absolute atomic E-state index is 0.157. The number of rotatable bonds is 3. The molecule has 0 aliphatic rings. The molecule has 5 heteroatoms. The fourth-order valence-corrected chi connectivity index (χ4v) is 1.39. The Morgan fingerprint density at radius 2 is 2.06 bits per heavy atom. The molecule has 2 rings (SSSR count). The van der Waals surface area contributed by atoms with Crippen molar-refractivity contribution in [3.63, 3.8) is 0 Å². The Kier molecular flexibility index (Phi) is 3.18. The second-order valence-electron chi connectivity index (χ2n) is 3.99. The van der Waals surface area contributed by atoms with Crippen LogP contribution in [0.1, 0.15) is 30.2 Å². The van der Waals surface area contributed by atoms with Gasteiger partial charge in [0.1, 0.15) is 0 Å². The molecule has 2 heterocycles. The van der Waals surface area contributed by atoms with Crippen molar-refractivity contribution in [3.8, 4) is 0 Å². The molecule has 1 N–H and O–H groups in total. The van der Waals surface area contributed by atoms with Gasteiger partial charge in [-0.3, -0.25) is 14.5 Å². The van der Waals surface area contributed by atoms with E-state index >= 15 is 0 Å². The van der Waals surface area contributed by atoms with Crippen LogP contribution in [0.4, 0.5) is 5.69 Å². The molecule has 0 aliphatic carbocycles. The number of pyridine rings is 1. The predicted octanol–water partition coefficient (Wildman–Crippen LogP) is 2.11. The molecule has 0 atom stereocenters. The lowest BCUT2D eigenvalue weighted by Crippen LogP contribution is -2.11. The van der Waals surface area contributed by atoms with Gasteiger partial charge in [-0.1, -0.05) is 0 Å². The fraction of sp³-hybridized carbons (Fsp3) is 0.250. The molecule has 2 aromatic rings. The van der Waals surface area contributed by atoms with Crippen molar-refractivity contribution in [3.05, 3.63) is 42.5 Å². The highest BCUT2D eigenvalue weighted by atomic mass is 16.1. The zero-order valence-electron chi connectivity index (χ0n) is 9.79. The Hall–Kier alpha value is -2.17. The van der Waals surface area contributed by atoms with Gasteiger partial charge in [-0.15, -0.1) is 0 Å². The highest BCUT2D eigenvalue weighted by Gasteiger charge is 2.07. The maximum atomic E-state index is 11.8. The van der Waals surface area contributed by atoms with Crippen LogP contribution in [0.15, 0.2) is 36.9 Å². The molecule has 17 heavy (non-hydrogen) atoms. The summed E-state index contributed by atoms with van der Waals surface area (Å²) >= 11 is 0. The molecular weight excluding hydrogens is 216 g/mol. The third kappa shape index (κ3) is 2.69. The highest BCUT2D eigenvalue weighted by molar-refractivity contribution is 6.03. The first-order valence-electron chi connectivity index (χ1n) is 5.42. The van der Waals surface area contributed by atoms with E-state index in [1.807, 2.05) is 20.0 Å². The lowest BCUT2D eigenvalue weighted by atomic mass is 10.2. The van der Waals surface area contributed by atoms with E-state index in [9.17, 15) is 4.79 Å². The van der Waals surface area contributed by atoms with Crippen LogP contribution in [0.25, 0.3) is 0 Å². The molecule has 1 amide bonds. The van der Waals surface area contributed by atoms with Crippen LogP contribution in [0.2, 0.25) is 0 Å². The first kappa shape index (κ1) is 11.3. The van der Waals surface area contributed by atoms with E-state index in [1.54, 1.807) is 35.4 Å². The summed E-state index contributed by atoms with van der Waals surface area (Å²) in [5, 5.41) is 6.94. The third-order valence-corrected chi connectivity index (χ3v) is 2.33. The molecule has 0 spiro atoms. The Morgan fingerprint density at radius 3 is 2.65 bits per heavy atom. The first-order chi connectivity index (χ1) is 8.16. The van der Waals surface area contributed by atoms with Crippen molar-refractivity contribution in [1.29, 1.82) is 0 Å². The minimum atomic E-state index is -0.157. The Bertz CT molecular complexity index is 504. The molecule has 0 radical (unpaired) electrons. The molecule has 0 saturated heterocycles. The topological polar surface area (TPSA) is 59.8 Å². The number of hydrogen-bond acceptors (Lipinski definition) is 3. The Balaban J connectivity index is 2.08. The lowest BCUT2D eigenvalue weighted by Gasteiger charge is -2.04. The van der Waals surface area contributed by atoms with Gasteiger partial charge in [0.05, 0.1) is 11.9 Å². The molecule has 0 unspecified atom stereocenters. The van der Waals surface area contributed by atoms with Crippen LogP contribution in [0.3, 0.4) is 0 Å². The fourth-order valence-electron chi connectivity index (χ4n) is 1.39. The maximum Gasteiger partial charge on any atom is 0.255 e. The molecule has 88 valence electrons. The van der Waals surface area contributed by atoms with Gasteiger partial charge in [0.2, 0.25) is 0 Å². The number of nitrogens with one attached hydrogen (secondary N) is 1. The maximum absolute atomic E-state index is 11.8. The van der Waals surface area contributed by atoms with Gasteiger partial charge in [0.25, 0.3) is 5.91 Å². The van der Waals surface area contributed by atoms with E-state index in [0.29, 0.717) is 11.3 Å². The van der Waals surface area contributed by atoms with Crippen molar-refractivity contribution in [2.75, 3.05) is 5.32 Å². The molecule has 0 fully saturated rings. The number of carbonyl (C=O) groups is 1. The smallest absolute Gasteiger partial charge is 0.255 e. The SMILES string of the molecule is CC(C)n1cc(NC(=O)c2ccncc2)cn1. The first-order valence-corrected chi connectivity index (χ1v) is 5.42. The van der Waals surface area contributed by atoms with Gasteiger partial charge in [-0.25, -0.2) is 0 Å². The summed E-state index contributed by atoms with van der Waals surface area (Å²) in [4.78, 5) is 15.7. The monoisotopic (exact) mass is 230 g/mol. The molecule has 2 aromatic heterocycles. The van der Waals surface area contributed by atoms with Crippen LogP contribution in [-0.2, 0) is 0 Å². The Morgan fingerprint density at radius 1 is 1.35 bits per heavy atom. The number of nitrogens with zero attached hydrogens (tertiary/aromatic N) is 3. The van der Waals surface area contributed by atoms with Gasteiger partial charge in [0, 0.05) is 30.2 Å². The second kappa shape index (κ2) is 4.78. The predicted molar refractivity (Wildman–Crippen MR) is 64.8 cm³/mol. The number of carbonyl (C=O) groups excluding carboxylic acids is 1. The number of amides is 1. The van der Waals surface area contributed by atoms with E-state index in [4.69, 9.17) is 0 Å². The summed E-state index contributed by atoms with van der Waals surface area (Å²) < 4.78 is 1.79. The number of aromatic nitrogens is 3. The number of anilines is 1. The van der Waals surface area contributed by atoms with Gasteiger partial charge >= 0.3 is 0 Å². The summed E-state index contributed by atoms with van der Waals surface area (Å²) in [6, 6.07) is 3.62. The summed E-state index contributed by atoms with van der Waals surface area (Å²) in [5.41, 5.74) is 1.28. The average Bonchev–Trinajstić information content (AvgIpc) is 2.79. The quantitative estimate of drug-likeness (QED) is 0.878. The molecule has 0 aromatic carbocycles.